The first-order chi connectivity index (χ1) is 16.9. The molecule has 0 radical (unpaired) electrons. The minimum absolute atomic E-state index is 0.181. The number of aromatic nitrogens is 2. The lowest BCUT2D eigenvalue weighted by atomic mass is 10.0. The van der Waals surface area contributed by atoms with Crippen LogP contribution in [0.15, 0.2) is 43.7 Å². The van der Waals surface area contributed by atoms with E-state index in [0.717, 1.165) is 18.4 Å². The molecule has 1 unspecified atom stereocenters. The van der Waals surface area contributed by atoms with Crippen molar-refractivity contribution in [2.24, 2.45) is 15.1 Å². The Morgan fingerprint density at radius 2 is 2.20 bits per heavy atom. The highest BCUT2D eigenvalue weighted by Crippen LogP contribution is 2.37. The van der Waals surface area contributed by atoms with Gasteiger partial charge in [0.05, 0.1) is 31.4 Å². The van der Waals surface area contributed by atoms with Crippen LogP contribution >= 0.6 is 0 Å². The number of benzene rings is 1. The molecule has 0 saturated heterocycles. The largest absolute Gasteiger partial charge is 0.493 e. The molecule has 12 nitrogen and oxygen atoms in total. The van der Waals surface area contributed by atoms with E-state index in [4.69, 9.17) is 24.7 Å². The lowest BCUT2D eigenvalue weighted by molar-refractivity contribution is 0.254. The molecule has 1 aromatic heterocycles. The van der Waals surface area contributed by atoms with Crippen LogP contribution in [0.4, 0.5) is 0 Å². The van der Waals surface area contributed by atoms with Crippen molar-refractivity contribution in [2.75, 3.05) is 6.61 Å². The van der Waals surface area contributed by atoms with Gasteiger partial charge in [-0.2, -0.15) is 15.4 Å². The highest BCUT2D eigenvalue weighted by Gasteiger charge is 2.46. The number of aliphatic imine (C=N–C) groups is 2. The summed E-state index contributed by atoms with van der Waals surface area (Å²) in [5.74, 6) is 1.12. The van der Waals surface area contributed by atoms with Gasteiger partial charge in [0.2, 0.25) is 11.8 Å². The minimum atomic E-state index is -1.05. The molecular weight excluding hydrogens is 452 g/mol. The Morgan fingerprint density at radius 3 is 2.89 bits per heavy atom. The first-order valence-electron chi connectivity index (χ1n) is 11.2. The number of imidazole rings is 1. The van der Waals surface area contributed by atoms with Crippen molar-refractivity contribution in [1.29, 1.82) is 5.26 Å². The Morgan fingerprint density at radius 1 is 1.37 bits per heavy atom. The second-order valence-electron chi connectivity index (χ2n) is 8.40. The number of nitrogens with one attached hydrogen (secondary N) is 3. The summed E-state index contributed by atoms with van der Waals surface area (Å²) in [5.41, 5.74) is 0.0438. The third-order valence-electron chi connectivity index (χ3n) is 5.69. The monoisotopic (exact) mass is 476 g/mol. The molecule has 12 heteroatoms. The first kappa shape index (κ1) is 22.3. The molecule has 35 heavy (non-hydrogen) atoms. The molecule has 3 heterocycles. The van der Waals surface area contributed by atoms with Crippen molar-refractivity contribution < 1.29 is 14.6 Å². The number of ether oxygens (including phenoxy) is 2. The van der Waals surface area contributed by atoms with Crippen LogP contribution in [0.2, 0.25) is 0 Å². The number of H-pyrrole nitrogens is 2. The van der Waals surface area contributed by atoms with Crippen LogP contribution in [-0.2, 0) is 6.42 Å². The number of rotatable bonds is 6. The fourth-order valence-electron chi connectivity index (χ4n) is 3.77. The van der Waals surface area contributed by atoms with Gasteiger partial charge < -0.3 is 19.6 Å². The molecular formula is C23H24N8O4. The number of aromatic hydroxyl groups is 1. The van der Waals surface area contributed by atoms with Crippen LogP contribution in [0, 0.1) is 11.3 Å². The van der Waals surface area contributed by atoms with Gasteiger partial charge in [-0.05, 0) is 50.5 Å². The van der Waals surface area contributed by atoms with E-state index < -0.39 is 11.4 Å². The third kappa shape index (κ3) is 4.35. The standard InChI is InChI=1S/C23H24N8O4/c1-3-34-18-10-13(8-9-24)4-7-17(18)35-22-29-20(26-15-5-6-15)31-23(2,30-22)14(12-25-31)11-16-19(32)28-21(33)27-16/h4,7,10-12,15,32H,3,5-6,8H2,1-2H3,(H,26,29,30)(H2,27,28,33)/b14-11-. The summed E-state index contributed by atoms with van der Waals surface area (Å²) in [6.07, 6.45) is 5.43. The summed E-state index contributed by atoms with van der Waals surface area (Å²) >= 11 is 0. The van der Waals surface area contributed by atoms with Gasteiger partial charge in [-0.25, -0.2) is 14.8 Å². The topological polar surface area (TPSA) is 163 Å². The van der Waals surface area contributed by atoms with Crippen molar-refractivity contribution in [2.45, 2.75) is 44.8 Å². The average Bonchev–Trinajstić information content (AvgIpc) is 3.48. The van der Waals surface area contributed by atoms with Crippen LogP contribution in [-0.4, -0.2) is 56.6 Å². The van der Waals surface area contributed by atoms with E-state index in [1.54, 1.807) is 35.5 Å². The maximum absolute atomic E-state index is 11.6. The van der Waals surface area contributed by atoms with Gasteiger partial charge in [0.15, 0.2) is 17.2 Å². The predicted octanol–water partition coefficient (Wildman–Crippen LogP) is 1.83. The molecule has 2 aromatic rings. The summed E-state index contributed by atoms with van der Waals surface area (Å²) in [6.45, 7) is 4.12. The Hall–Kier alpha value is -4.53. The number of hydrogen-bond donors (Lipinski definition) is 4. The van der Waals surface area contributed by atoms with Gasteiger partial charge in [0.25, 0.3) is 6.02 Å². The van der Waals surface area contributed by atoms with Gasteiger partial charge >= 0.3 is 5.69 Å². The van der Waals surface area contributed by atoms with E-state index in [1.165, 1.54) is 0 Å². The fraction of sp³-hybridized carbons (Fsp3) is 0.348. The number of hydrazone groups is 1. The molecule has 2 aliphatic heterocycles. The predicted molar refractivity (Wildman–Crippen MR) is 128 cm³/mol. The molecule has 4 N–H and O–H groups in total. The number of fused-ring (bicyclic) bond motifs is 1. The molecule has 0 spiro atoms. The van der Waals surface area contributed by atoms with E-state index in [2.05, 4.69) is 26.5 Å². The quantitative estimate of drug-likeness (QED) is 0.494. The Bertz CT molecular complexity index is 1370. The molecule has 1 saturated carbocycles. The van der Waals surface area contributed by atoms with E-state index in [1.807, 2.05) is 13.8 Å². The Balaban J connectivity index is 1.53. The molecule has 1 aliphatic carbocycles. The van der Waals surface area contributed by atoms with Crippen LogP contribution in [0.1, 0.15) is 37.9 Å². The summed E-state index contributed by atoms with van der Waals surface area (Å²) in [4.78, 5) is 25.9. The van der Waals surface area contributed by atoms with Crippen molar-refractivity contribution >= 4 is 24.3 Å². The maximum Gasteiger partial charge on any atom is 0.326 e. The normalized spacial score (nSPS) is 23.1. The number of hydrogen-bond acceptors (Lipinski definition) is 8. The lowest BCUT2D eigenvalue weighted by Crippen LogP contribution is -2.57. The second kappa shape index (κ2) is 8.68. The molecule has 3 aliphatic rings. The summed E-state index contributed by atoms with van der Waals surface area (Å²) in [7, 11) is 0. The third-order valence-corrected chi connectivity index (χ3v) is 5.69. The van der Waals surface area contributed by atoms with Gasteiger partial charge in [0.1, 0.15) is 5.69 Å². The molecule has 1 fully saturated rings. The van der Waals surface area contributed by atoms with Crippen LogP contribution in [0.5, 0.6) is 17.4 Å². The summed E-state index contributed by atoms with van der Waals surface area (Å²) in [6, 6.07) is 7.81. The summed E-state index contributed by atoms with van der Waals surface area (Å²) < 4.78 is 11.9. The van der Waals surface area contributed by atoms with E-state index in [9.17, 15) is 9.90 Å². The minimum Gasteiger partial charge on any atom is -0.493 e. The van der Waals surface area contributed by atoms with Crippen molar-refractivity contribution in [1.82, 2.24) is 20.3 Å². The van der Waals surface area contributed by atoms with Crippen molar-refractivity contribution in [3.8, 4) is 23.4 Å². The molecule has 180 valence electrons. The zero-order valence-electron chi connectivity index (χ0n) is 19.2. The molecule has 5 rings (SSSR count). The van der Waals surface area contributed by atoms with Gasteiger partial charge in [0, 0.05) is 5.57 Å². The SMILES string of the molecule is CCOc1cc(CC#N)ccc1OC1=NC2(C)/C(=C\c3[nH]c(=O)[nH]c3O)C=NN2C(=NC2CC2)N1. The van der Waals surface area contributed by atoms with E-state index in [-0.39, 0.29) is 30.1 Å². The Kier molecular flexibility index (Phi) is 5.52. The smallest absolute Gasteiger partial charge is 0.326 e. The van der Waals surface area contributed by atoms with Crippen LogP contribution in [0.3, 0.4) is 0 Å². The molecule has 0 amide bonds. The second-order valence-corrected chi connectivity index (χ2v) is 8.40. The lowest BCUT2D eigenvalue weighted by Gasteiger charge is -2.36. The average molecular weight is 476 g/mol. The molecule has 1 atom stereocenters. The molecule has 0 bridgehead atoms. The number of nitriles is 1. The zero-order chi connectivity index (χ0) is 24.6. The molecule has 1 aromatic carbocycles. The number of nitrogens with zero attached hydrogens (tertiary/aromatic N) is 5. The maximum atomic E-state index is 11.6. The number of amidine groups is 1. The van der Waals surface area contributed by atoms with E-state index in [0.29, 0.717) is 29.6 Å². The van der Waals surface area contributed by atoms with E-state index >= 15 is 0 Å². The van der Waals surface area contributed by atoms with Gasteiger partial charge in [-0.1, -0.05) is 6.07 Å². The highest BCUT2D eigenvalue weighted by atomic mass is 16.5. The fourth-order valence-corrected chi connectivity index (χ4v) is 3.77. The van der Waals surface area contributed by atoms with Gasteiger partial charge in [-0.15, -0.1) is 0 Å². The summed E-state index contributed by atoms with van der Waals surface area (Å²) in [5, 5.41) is 28.3. The van der Waals surface area contributed by atoms with Crippen molar-refractivity contribution in [3.63, 3.8) is 0 Å². The number of aromatic amines is 2. The van der Waals surface area contributed by atoms with Crippen LogP contribution < -0.4 is 20.5 Å². The number of guanidine groups is 1. The first-order valence-corrected chi connectivity index (χ1v) is 11.2. The highest BCUT2D eigenvalue weighted by molar-refractivity contribution is 6.04. The van der Waals surface area contributed by atoms with Crippen LogP contribution in [0.25, 0.3) is 6.08 Å². The van der Waals surface area contributed by atoms with Gasteiger partial charge in [-0.3, -0.25) is 10.3 Å². The zero-order valence-corrected chi connectivity index (χ0v) is 19.2. The Labute approximate surface area is 200 Å². The van der Waals surface area contributed by atoms with Crippen molar-refractivity contribution in [3.05, 3.63) is 45.5 Å².